The van der Waals surface area contributed by atoms with E-state index in [-0.39, 0.29) is 12.0 Å². The van der Waals surface area contributed by atoms with Crippen molar-refractivity contribution in [3.05, 3.63) is 0 Å². The lowest BCUT2D eigenvalue weighted by molar-refractivity contribution is -0.135. The summed E-state index contributed by atoms with van der Waals surface area (Å²) in [5, 5.41) is 17.2. The van der Waals surface area contributed by atoms with E-state index < -0.39 is 5.60 Å². The highest BCUT2D eigenvalue weighted by Gasteiger charge is 2.33. The number of hydrogen-bond acceptors (Lipinski definition) is 3. The number of nitrogens with one attached hydrogen (secondary N) is 2. The molecule has 0 bridgehead atoms. The van der Waals surface area contributed by atoms with Crippen molar-refractivity contribution in [2.75, 3.05) is 26.7 Å². The number of amides is 1. The van der Waals surface area contributed by atoms with Crippen LogP contribution in [0.2, 0.25) is 0 Å². The number of hydrogen-bond donors (Lipinski definition) is 3. The average Bonchev–Trinajstić information content (AvgIpc) is 3.28. The van der Waals surface area contributed by atoms with Gasteiger partial charge in [-0.1, -0.05) is 32.1 Å². The Morgan fingerprint density at radius 2 is 1.88 bits per heavy atom. The van der Waals surface area contributed by atoms with Crippen LogP contribution in [0.1, 0.15) is 64.2 Å². The molecule has 1 aliphatic heterocycles. The molecule has 6 nitrogen and oxygen atoms in total. The van der Waals surface area contributed by atoms with Gasteiger partial charge in [-0.3, -0.25) is 9.79 Å². The van der Waals surface area contributed by atoms with Crippen molar-refractivity contribution < 1.29 is 9.90 Å². The Labute approximate surface area is 151 Å². The van der Waals surface area contributed by atoms with Gasteiger partial charge in [-0.2, -0.15) is 0 Å². The van der Waals surface area contributed by atoms with Gasteiger partial charge in [0.15, 0.2) is 5.96 Å². The zero-order chi connectivity index (χ0) is 17.7. The summed E-state index contributed by atoms with van der Waals surface area (Å²) in [4.78, 5) is 19.0. The van der Waals surface area contributed by atoms with Crippen molar-refractivity contribution in [3.8, 4) is 0 Å². The van der Waals surface area contributed by atoms with Crippen LogP contribution in [0.25, 0.3) is 0 Å². The minimum atomic E-state index is -0.587. The molecule has 1 heterocycles. The second-order valence-corrected chi connectivity index (χ2v) is 8.11. The number of rotatable bonds is 4. The highest BCUT2D eigenvalue weighted by Crippen LogP contribution is 2.29. The standard InChI is InChI=1S/C19H34N4O2/c1-20-18(21-14-19(25)10-5-6-11-19)22-16-9-12-23(13-16)17(24)15-7-3-2-4-8-15/h15-16,25H,2-14H2,1H3,(H2,20,21,22). The molecule has 3 N–H and O–H groups in total. The van der Waals surface area contributed by atoms with Crippen LogP contribution in [0.15, 0.2) is 4.99 Å². The van der Waals surface area contributed by atoms with E-state index in [2.05, 4.69) is 15.6 Å². The van der Waals surface area contributed by atoms with Gasteiger partial charge in [0, 0.05) is 38.6 Å². The lowest BCUT2D eigenvalue weighted by Crippen LogP contribution is -2.49. The van der Waals surface area contributed by atoms with Gasteiger partial charge in [-0.25, -0.2) is 0 Å². The van der Waals surface area contributed by atoms with E-state index in [1.807, 2.05) is 4.90 Å². The molecule has 0 aromatic rings. The molecule has 0 spiro atoms. The first-order valence-electron chi connectivity index (χ1n) is 10.1. The molecule has 3 fully saturated rings. The fourth-order valence-electron chi connectivity index (χ4n) is 4.53. The predicted molar refractivity (Wildman–Crippen MR) is 99.5 cm³/mol. The van der Waals surface area contributed by atoms with Crippen LogP contribution in [0, 0.1) is 5.92 Å². The molecule has 0 radical (unpaired) electrons. The Morgan fingerprint density at radius 1 is 1.16 bits per heavy atom. The zero-order valence-electron chi connectivity index (χ0n) is 15.6. The normalized spacial score (nSPS) is 27.5. The van der Waals surface area contributed by atoms with Gasteiger partial charge < -0.3 is 20.6 Å². The summed E-state index contributed by atoms with van der Waals surface area (Å²) in [6, 6.07) is 0.247. The number of nitrogens with zero attached hydrogens (tertiary/aromatic N) is 2. The van der Waals surface area contributed by atoms with E-state index in [1.54, 1.807) is 7.05 Å². The van der Waals surface area contributed by atoms with Crippen LogP contribution >= 0.6 is 0 Å². The smallest absolute Gasteiger partial charge is 0.225 e. The Hall–Kier alpha value is -1.30. The lowest BCUT2D eigenvalue weighted by atomic mass is 9.88. The van der Waals surface area contributed by atoms with Crippen LogP contribution in [0.3, 0.4) is 0 Å². The second kappa shape index (κ2) is 8.39. The lowest BCUT2D eigenvalue weighted by Gasteiger charge is -2.27. The summed E-state index contributed by atoms with van der Waals surface area (Å²) in [7, 11) is 1.76. The molecule has 3 rings (SSSR count). The van der Waals surface area contributed by atoms with E-state index in [1.165, 1.54) is 19.3 Å². The first kappa shape index (κ1) is 18.5. The molecule has 6 heteroatoms. The van der Waals surface area contributed by atoms with Crippen LogP contribution < -0.4 is 10.6 Å². The molecule has 2 saturated carbocycles. The molecule has 2 aliphatic carbocycles. The van der Waals surface area contributed by atoms with Crippen LogP contribution in [0.4, 0.5) is 0 Å². The minimum absolute atomic E-state index is 0.247. The molecule has 0 aromatic heterocycles. The summed E-state index contributed by atoms with van der Waals surface area (Å²) >= 11 is 0. The quantitative estimate of drug-likeness (QED) is 0.532. The molecular weight excluding hydrogens is 316 g/mol. The summed E-state index contributed by atoms with van der Waals surface area (Å²) in [5.74, 6) is 1.34. The number of likely N-dealkylation sites (tertiary alicyclic amines) is 1. The summed E-state index contributed by atoms with van der Waals surface area (Å²) in [6.45, 7) is 2.15. The summed E-state index contributed by atoms with van der Waals surface area (Å²) in [6.07, 6.45) is 10.7. The van der Waals surface area contributed by atoms with E-state index in [0.717, 1.165) is 64.0 Å². The third kappa shape index (κ3) is 4.87. The highest BCUT2D eigenvalue weighted by molar-refractivity contribution is 5.81. The SMILES string of the molecule is CN=C(NCC1(O)CCCC1)NC1CCN(C(=O)C2CCCCC2)C1. The number of guanidine groups is 1. The van der Waals surface area contributed by atoms with Gasteiger partial charge in [-0.15, -0.1) is 0 Å². The second-order valence-electron chi connectivity index (χ2n) is 8.11. The van der Waals surface area contributed by atoms with E-state index in [0.29, 0.717) is 12.5 Å². The largest absolute Gasteiger partial charge is 0.388 e. The van der Waals surface area contributed by atoms with Gasteiger partial charge in [-0.05, 0) is 32.1 Å². The van der Waals surface area contributed by atoms with Gasteiger partial charge in [0.2, 0.25) is 5.91 Å². The topological polar surface area (TPSA) is 77.0 Å². The van der Waals surface area contributed by atoms with Crippen LogP contribution in [-0.4, -0.2) is 60.2 Å². The van der Waals surface area contributed by atoms with Gasteiger partial charge in [0.25, 0.3) is 0 Å². The monoisotopic (exact) mass is 350 g/mol. The van der Waals surface area contributed by atoms with Crippen molar-refractivity contribution in [2.24, 2.45) is 10.9 Å². The van der Waals surface area contributed by atoms with Crippen molar-refractivity contribution in [1.82, 2.24) is 15.5 Å². The van der Waals surface area contributed by atoms with Crippen molar-refractivity contribution in [1.29, 1.82) is 0 Å². The Kier molecular flexibility index (Phi) is 6.20. The molecular formula is C19H34N4O2. The summed E-state index contributed by atoms with van der Waals surface area (Å²) in [5.41, 5.74) is -0.587. The van der Waals surface area contributed by atoms with Gasteiger partial charge in [0.05, 0.1) is 5.60 Å². The number of aliphatic imine (C=N–C) groups is 1. The first-order chi connectivity index (χ1) is 12.1. The number of aliphatic hydroxyl groups is 1. The van der Waals surface area contributed by atoms with Gasteiger partial charge in [0.1, 0.15) is 0 Å². The third-order valence-corrected chi connectivity index (χ3v) is 6.14. The molecule has 1 atom stereocenters. The maximum absolute atomic E-state index is 12.7. The molecule has 25 heavy (non-hydrogen) atoms. The predicted octanol–water partition coefficient (Wildman–Crippen LogP) is 1.64. The summed E-state index contributed by atoms with van der Waals surface area (Å²) < 4.78 is 0. The molecule has 3 aliphatic rings. The van der Waals surface area contributed by atoms with E-state index in [9.17, 15) is 9.90 Å². The van der Waals surface area contributed by atoms with Crippen molar-refractivity contribution in [2.45, 2.75) is 75.9 Å². The fraction of sp³-hybridized carbons (Fsp3) is 0.895. The maximum atomic E-state index is 12.7. The molecule has 1 amide bonds. The zero-order valence-corrected chi connectivity index (χ0v) is 15.6. The Morgan fingerprint density at radius 3 is 2.56 bits per heavy atom. The third-order valence-electron chi connectivity index (χ3n) is 6.14. The van der Waals surface area contributed by atoms with E-state index in [4.69, 9.17) is 0 Å². The van der Waals surface area contributed by atoms with Crippen molar-refractivity contribution >= 4 is 11.9 Å². The molecule has 0 aromatic carbocycles. The van der Waals surface area contributed by atoms with Crippen LogP contribution in [0.5, 0.6) is 0 Å². The molecule has 1 saturated heterocycles. The average molecular weight is 351 g/mol. The molecule has 1 unspecified atom stereocenters. The van der Waals surface area contributed by atoms with Gasteiger partial charge >= 0.3 is 0 Å². The number of carbonyl (C=O) groups is 1. The van der Waals surface area contributed by atoms with E-state index >= 15 is 0 Å². The maximum Gasteiger partial charge on any atom is 0.225 e. The van der Waals surface area contributed by atoms with Crippen molar-refractivity contribution in [3.63, 3.8) is 0 Å². The van der Waals surface area contributed by atoms with Crippen LogP contribution in [-0.2, 0) is 4.79 Å². The Balaban J connectivity index is 1.44. The first-order valence-corrected chi connectivity index (χ1v) is 10.1. The highest BCUT2D eigenvalue weighted by atomic mass is 16.3. The number of carbonyl (C=O) groups excluding carboxylic acids is 1. The minimum Gasteiger partial charge on any atom is -0.388 e. The Bertz CT molecular complexity index is 482. The fourth-order valence-corrected chi connectivity index (χ4v) is 4.53. The molecule has 142 valence electrons.